The predicted molar refractivity (Wildman–Crippen MR) is 130 cm³/mol. The predicted octanol–water partition coefficient (Wildman–Crippen LogP) is 4.02. The molecule has 1 aromatic heterocycles. The van der Waals surface area contributed by atoms with Crippen LogP contribution in [0.25, 0.3) is 5.57 Å². The Kier molecular flexibility index (Phi) is 10.4. The summed E-state index contributed by atoms with van der Waals surface area (Å²) in [6, 6.07) is 3.38. The van der Waals surface area contributed by atoms with Crippen LogP contribution in [0.4, 0.5) is 0 Å². The van der Waals surface area contributed by atoms with Gasteiger partial charge in [0.25, 0.3) is 5.91 Å². The summed E-state index contributed by atoms with van der Waals surface area (Å²) in [5.41, 5.74) is 4.65. The Hall–Kier alpha value is -3.90. The highest BCUT2D eigenvalue weighted by Gasteiger charge is 2.17. The second-order valence-electron chi connectivity index (χ2n) is 7.07. The summed E-state index contributed by atoms with van der Waals surface area (Å²) in [5.74, 6) is -0.330. The number of hydrogen-bond acceptors (Lipinski definition) is 4. The van der Waals surface area contributed by atoms with E-state index in [0.717, 1.165) is 24.0 Å². The Morgan fingerprint density at radius 3 is 2.66 bits per heavy atom. The first-order valence-electron chi connectivity index (χ1n) is 10.4. The second-order valence-corrected chi connectivity index (χ2v) is 7.07. The number of rotatable bonds is 7. The van der Waals surface area contributed by atoms with E-state index >= 15 is 0 Å². The summed E-state index contributed by atoms with van der Waals surface area (Å²) < 4.78 is 1.67. The van der Waals surface area contributed by atoms with E-state index < -0.39 is 0 Å². The van der Waals surface area contributed by atoms with E-state index in [-0.39, 0.29) is 23.2 Å². The standard InChI is InChI=1S/C24H29N5O.C2H2/c1-7-16(3)19-10-9-11-20(13-12-19)18(5)27-23(30)21-14-22(17(4)15-25)29(6)24(28-21)26-8-2;1-2/h9,11-14,18H,3-4,7-8,10H2,1-2,5-6H3,(H,27,30);1-2H. The van der Waals surface area contributed by atoms with Crippen LogP contribution in [0.15, 0.2) is 65.2 Å². The fourth-order valence-corrected chi connectivity index (χ4v) is 3.07. The zero-order valence-corrected chi connectivity index (χ0v) is 19.4. The SMILES string of the molecule is C#C.C=C(CC)C1=CC=C(C(C)NC(=O)c2cc(C(=C)C#N)n(C)c(=NCC)n2)C=CC1. The van der Waals surface area contributed by atoms with Crippen molar-refractivity contribution in [2.45, 2.75) is 39.7 Å². The summed E-state index contributed by atoms with van der Waals surface area (Å²) in [5, 5.41) is 12.2. The van der Waals surface area contributed by atoms with E-state index in [1.807, 2.05) is 32.1 Å². The number of aromatic nitrogens is 2. The highest BCUT2D eigenvalue weighted by Crippen LogP contribution is 2.21. The maximum absolute atomic E-state index is 12.9. The van der Waals surface area contributed by atoms with E-state index in [9.17, 15) is 10.1 Å². The number of amides is 1. The second kappa shape index (κ2) is 12.7. The Labute approximate surface area is 191 Å². The summed E-state index contributed by atoms with van der Waals surface area (Å²) >= 11 is 0. The lowest BCUT2D eigenvalue weighted by Crippen LogP contribution is -2.36. The molecule has 1 N–H and O–H groups in total. The molecule has 6 nitrogen and oxygen atoms in total. The third-order valence-corrected chi connectivity index (χ3v) is 4.99. The number of allylic oxidation sites excluding steroid dienone is 6. The Balaban J connectivity index is 0.00000249. The molecule has 1 aliphatic rings. The minimum Gasteiger partial charge on any atom is -0.344 e. The lowest BCUT2D eigenvalue weighted by Gasteiger charge is -2.16. The molecule has 166 valence electrons. The van der Waals surface area contributed by atoms with E-state index in [1.54, 1.807) is 17.7 Å². The van der Waals surface area contributed by atoms with Gasteiger partial charge in [0.05, 0.1) is 17.3 Å². The average Bonchev–Trinajstić information content (AvgIpc) is 3.07. The molecule has 0 aliphatic heterocycles. The molecule has 0 fully saturated rings. The molecule has 1 aliphatic carbocycles. The van der Waals surface area contributed by atoms with E-state index in [0.29, 0.717) is 17.9 Å². The van der Waals surface area contributed by atoms with Crippen molar-refractivity contribution in [3.63, 3.8) is 0 Å². The lowest BCUT2D eigenvalue weighted by atomic mass is 10.0. The summed E-state index contributed by atoms with van der Waals surface area (Å²) in [6.45, 7) is 14.3. The molecule has 0 saturated heterocycles. The van der Waals surface area contributed by atoms with Gasteiger partial charge in [0.15, 0.2) is 0 Å². The first-order valence-corrected chi connectivity index (χ1v) is 10.4. The number of nitriles is 1. The molecule has 1 atom stereocenters. The molecule has 1 aromatic rings. The number of hydrogen-bond donors (Lipinski definition) is 1. The van der Waals surface area contributed by atoms with Gasteiger partial charge in [0.2, 0.25) is 5.62 Å². The van der Waals surface area contributed by atoms with Crippen molar-refractivity contribution in [3.8, 4) is 18.9 Å². The van der Waals surface area contributed by atoms with Gasteiger partial charge >= 0.3 is 0 Å². The number of nitrogens with one attached hydrogen (secondary N) is 1. The van der Waals surface area contributed by atoms with Gasteiger partial charge in [0.1, 0.15) is 11.8 Å². The van der Waals surface area contributed by atoms with Gasteiger partial charge in [-0.3, -0.25) is 9.79 Å². The zero-order valence-electron chi connectivity index (χ0n) is 19.4. The Bertz CT molecular complexity index is 1100. The topological polar surface area (TPSA) is 83.1 Å². The quantitative estimate of drug-likeness (QED) is 0.525. The van der Waals surface area contributed by atoms with Gasteiger partial charge < -0.3 is 9.88 Å². The number of carbonyl (C=O) groups is 1. The average molecular weight is 430 g/mol. The largest absolute Gasteiger partial charge is 0.344 e. The van der Waals surface area contributed by atoms with Crippen LogP contribution >= 0.6 is 0 Å². The van der Waals surface area contributed by atoms with Crippen LogP contribution in [0.1, 0.15) is 49.8 Å². The molecule has 0 bridgehead atoms. The highest BCUT2D eigenvalue weighted by atomic mass is 16.1. The summed E-state index contributed by atoms with van der Waals surface area (Å²) in [7, 11) is 1.75. The molecule has 2 rings (SSSR count). The molecule has 32 heavy (non-hydrogen) atoms. The maximum atomic E-state index is 12.9. The normalized spacial score (nSPS) is 14.0. The third kappa shape index (κ3) is 6.55. The first-order chi connectivity index (χ1) is 15.3. The van der Waals surface area contributed by atoms with Gasteiger partial charge in [-0.2, -0.15) is 5.26 Å². The smallest absolute Gasteiger partial charge is 0.270 e. The van der Waals surface area contributed by atoms with Crippen molar-refractivity contribution in [1.29, 1.82) is 5.26 Å². The van der Waals surface area contributed by atoms with Crippen LogP contribution in [-0.2, 0) is 7.05 Å². The van der Waals surface area contributed by atoms with Crippen molar-refractivity contribution >= 4 is 11.5 Å². The molecule has 6 heteroatoms. The zero-order chi connectivity index (χ0) is 24.3. The monoisotopic (exact) mass is 429 g/mol. The summed E-state index contributed by atoms with van der Waals surface area (Å²) in [6.07, 6.45) is 17.9. The van der Waals surface area contributed by atoms with E-state index in [2.05, 4.69) is 60.4 Å². The van der Waals surface area contributed by atoms with Crippen LogP contribution in [0.3, 0.4) is 0 Å². The van der Waals surface area contributed by atoms with Crippen LogP contribution in [0.2, 0.25) is 0 Å². The minimum atomic E-state index is -0.330. The fourth-order valence-electron chi connectivity index (χ4n) is 3.07. The number of nitrogens with zero attached hydrogens (tertiary/aromatic N) is 4. The lowest BCUT2D eigenvalue weighted by molar-refractivity contribution is 0.0940. The Morgan fingerprint density at radius 2 is 2.06 bits per heavy atom. The van der Waals surface area contributed by atoms with Crippen LogP contribution in [-0.4, -0.2) is 28.0 Å². The van der Waals surface area contributed by atoms with Crippen molar-refractivity contribution in [1.82, 2.24) is 14.9 Å². The molecule has 1 amide bonds. The number of terminal acetylenes is 1. The van der Waals surface area contributed by atoms with Crippen molar-refractivity contribution in [2.75, 3.05) is 6.54 Å². The minimum absolute atomic E-state index is 0.201. The third-order valence-electron chi connectivity index (χ3n) is 4.99. The molecule has 0 saturated carbocycles. The molecule has 1 heterocycles. The maximum Gasteiger partial charge on any atom is 0.270 e. The molecule has 1 unspecified atom stereocenters. The summed E-state index contributed by atoms with van der Waals surface area (Å²) in [4.78, 5) is 21.6. The highest BCUT2D eigenvalue weighted by molar-refractivity contribution is 5.93. The van der Waals surface area contributed by atoms with Crippen molar-refractivity contribution in [3.05, 3.63) is 77.3 Å². The molecular formula is C26H31N5O. The van der Waals surface area contributed by atoms with E-state index in [1.165, 1.54) is 5.57 Å². The van der Waals surface area contributed by atoms with Crippen LogP contribution < -0.4 is 10.9 Å². The van der Waals surface area contributed by atoms with Gasteiger partial charge in [-0.1, -0.05) is 50.0 Å². The van der Waals surface area contributed by atoms with Gasteiger partial charge in [-0.25, -0.2) is 4.98 Å². The molecular weight excluding hydrogens is 398 g/mol. The molecule has 0 spiro atoms. The molecule has 0 aromatic carbocycles. The van der Waals surface area contributed by atoms with Crippen molar-refractivity contribution in [2.24, 2.45) is 12.0 Å². The fraction of sp³-hybridized carbons (Fsp3) is 0.308. The molecule has 0 radical (unpaired) electrons. The van der Waals surface area contributed by atoms with Crippen LogP contribution in [0.5, 0.6) is 0 Å². The van der Waals surface area contributed by atoms with Crippen molar-refractivity contribution < 1.29 is 4.79 Å². The van der Waals surface area contributed by atoms with Gasteiger partial charge in [-0.15, -0.1) is 12.8 Å². The van der Waals surface area contributed by atoms with Gasteiger partial charge in [0, 0.05) is 13.6 Å². The van der Waals surface area contributed by atoms with E-state index in [4.69, 9.17) is 0 Å². The Morgan fingerprint density at radius 1 is 1.38 bits per heavy atom. The van der Waals surface area contributed by atoms with Gasteiger partial charge in [-0.05, 0) is 43.9 Å². The van der Waals surface area contributed by atoms with Crippen LogP contribution in [0, 0.1) is 24.2 Å². The number of carbonyl (C=O) groups excluding carboxylic acids is 1. The first kappa shape index (κ1) is 26.1.